The number of hydrogen-bond acceptors (Lipinski definition) is 7. The zero-order valence-electron chi connectivity index (χ0n) is 18.2. The molecule has 0 radical (unpaired) electrons. The summed E-state index contributed by atoms with van der Waals surface area (Å²) in [5, 5.41) is 0.526. The van der Waals surface area contributed by atoms with E-state index in [9.17, 15) is 9.59 Å². The highest BCUT2D eigenvalue weighted by molar-refractivity contribution is 7.20. The second kappa shape index (κ2) is 9.15. The van der Waals surface area contributed by atoms with Crippen molar-refractivity contribution < 1.29 is 14.3 Å². The Labute approximate surface area is 194 Å². The summed E-state index contributed by atoms with van der Waals surface area (Å²) in [6, 6.07) is 11.0. The fourth-order valence-electron chi connectivity index (χ4n) is 4.07. The van der Waals surface area contributed by atoms with E-state index in [1.165, 1.54) is 11.3 Å². The van der Waals surface area contributed by atoms with Gasteiger partial charge in [-0.1, -0.05) is 24.6 Å². The Morgan fingerprint density at radius 1 is 1.15 bits per heavy atom. The number of nitrogens with zero attached hydrogens (tertiary/aromatic N) is 3. The Morgan fingerprint density at radius 3 is 2.88 bits per heavy atom. The van der Waals surface area contributed by atoms with Gasteiger partial charge in [-0.2, -0.15) is 0 Å². The highest BCUT2D eigenvalue weighted by Gasteiger charge is 2.23. The van der Waals surface area contributed by atoms with E-state index in [-0.39, 0.29) is 12.2 Å². The molecule has 3 aromatic heterocycles. The molecule has 168 valence electrons. The van der Waals surface area contributed by atoms with Gasteiger partial charge in [-0.15, -0.1) is 11.3 Å². The first kappa shape index (κ1) is 21.3. The van der Waals surface area contributed by atoms with E-state index in [0.717, 1.165) is 37.1 Å². The summed E-state index contributed by atoms with van der Waals surface area (Å²) in [6.07, 6.45) is 7.17. The minimum Gasteiger partial charge on any atom is -0.456 e. The first-order valence-electron chi connectivity index (χ1n) is 11.0. The van der Waals surface area contributed by atoms with Crippen LogP contribution in [0, 0.1) is 6.92 Å². The number of carbonyl (C=O) groups excluding carboxylic acids is 1. The summed E-state index contributed by atoms with van der Waals surface area (Å²) in [5.41, 5.74) is 1.32. The number of benzene rings is 1. The topological polar surface area (TPSA) is 83.3 Å². The van der Waals surface area contributed by atoms with Gasteiger partial charge in [0.1, 0.15) is 33.6 Å². The van der Waals surface area contributed by atoms with Crippen molar-refractivity contribution in [3.8, 4) is 11.5 Å². The molecule has 0 aliphatic carbocycles. The van der Waals surface area contributed by atoms with Gasteiger partial charge in [0.25, 0.3) is 5.56 Å². The molecule has 0 saturated heterocycles. The number of rotatable bonds is 5. The highest BCUT2D eigenvalue weighted by atomic mass is 32.1. The molecule has 1 aliphatic rings. The van der Waals surface area contributed by atoms with Crippen LogP contribution in [-0.2, 0) is 24.3 Å². The first-order valence-corrected chi connectivity index (χ1v) is 11.8. The van der Waals surface area contributed by atoms with Crippen molar-refractivity contribution in [1.29, 1.82) is 0 Å². The molecule has 7 nitrogen and oxygen atoms in total. The lowest BCUT2D eigenvalue weighted by molar-refractivity contribution is 0.0476. The van der Waals surface area contributed by atoms with Crippen molar-refractivity contribution in [2.45, 2.75) is 45.8 Å². The van der Waals surface area contributed by atoms with Crippen molar-refractivity contribution in [2.24, 2.45) is 0 Å². The van der Waals surface area contributed by atoms with Gasteiger partial charge in [0.2, 0.25) is 0 Å². The zero-order valence-corrected chi connectivity index (χ0v) is 19.1. The number of para-hydroxylation sites is 1. The molecule has 0 atom stereocenters. The molecule has 0 N–H and O–H groups in total. The summed E-state index contributed by atoms with van der Waals surface area (Å²) in [5.74, 6) is 1.54. The maximum absolute atomic E-state index is 13.1. The molecule has 0 saturated carbocycles. The van der Waals surface area contributed by atoms with Gasteiger partial charge in [0.05, 0.1) is 11.6 Å². The summed E-state index contributed by atoms with van der Waals surface area (Å²) in [4.78, 5) is 35.9. The molecule has 0 amide bonds. The molecule has 0 fully saturated rings. The first-order chi connectivity index (χ1) is 16.1. The third-order valence-electron chi connectivity index (χ3n) is 5.79. The summed E-state index contributed by atoms with van der Waals surface area (Å²) in [7, 11) is 0. The maximum Gasteiger partial charge on any atom is 0.349 e. The van der Waals surface area contributed by atoms with Crippen LogP contribution in [0.4, 0.5) is 0 Å². The van der Waals surface area contributed by atoms with E-state index in [4.69, 9.17) is 14.5 Å². The monoisotopic (exact) mass is 461 g/mol. The maximum atomic E-state index is 13.1. The van der Waals surface area contributed by atoms with Crippen LogP contribution in [0.15, 0.2) is 53.6 Å². The molecule has 4 aromatic rings. The van der Waals surface area contributed by atoms with Crippen molar-refractivity contribution in [3.05, 3.63) is 81.0 Å². The third kappa shape index (κ3) is 4.26. The Bertz CT molecular complexity index is 1380. The van der Waals surface area contributed by atoms with E-state index in [2.05, 4.69) is 4.98 Å². The van der Waals surface area contributed by atoms with E-state index in [1.807, 2.05) is 30.3 Å². The number of carbonyl (C=O) groups is 1. The van der Waals surface area contributed by atoms with E-state index >= 15 is 0 Å². The molecule has 1 aliphatic heterocycles. The normalized spacial score (nSPS) is 13.4. The van der Waals surface area contributed by atoms with Gasteiger partial charge in [-0.3, -0.25) is 14.3 Å². The summed E-state index contributed by atoms with van der Waals surface area (Å²) in [6.45, 7) is 2.52. The highest BCUT2D eigenvalue weighted by Crippen LogP contribution is 2.30. The minimum atomic E-state index is -0.466. The smallest absolute Gasteiger partial charge is 0.349 e. The average Bonchev–Trinajstić information content (AvgIpc) is 3.00. The Kier molecular flexibility index (Phi) is 5.92. The largest absolute Gasteiger partial charge is 0.456 e. The molecule has 33 heavy (non-hydrogen) atoms. The molecule has 0 bridgehead atoms. The molecule has 4 heterocycles. The number of hydrogen-bond donors (Lipinski definition) is 0. The van der Waals surface area contributed by atoms with Gasteiger partial charge < -0.3 is 9.47 Å². The van der Waals surface area contributed by atoms with Crippen molar-refractivity contribution in [3.63, 3.8) is 0 Å². The lowest BCUT2D eigenvalue weighted by Crippen LogP contribution is -2.24. The van der Waals surface area contributed by atoms with Crippen LogP contribution in [0.3, 0.4) is 0 Å². The predicted octanol–water partition coefficient (Wildman–Crippen LogP) is 5.04. The zero-order chi connectivity index (χ0) is 22.8. The van der Waals surface area contributed by atoms with Crippen LogP contribution < -0.4 is 10.3 Å². The number of ether oxygens (including phenoxy) is 2. The lowest BCUT2D eigenvalue weighted by Gasteiger charge is -2.11. The van der Waals surface area contributed by atoms with E-state index < -0.39 is 5.97 Å². The van der Waals surface area contributed by atoms with E-state index in [0.29, 0.717) is 38.7 Å². The van der Waals surface area contributed by atoms with Gasteiger partial charge >= 0.3 is 5.97 Å². The summed E-state index contributed by atoms with van der Waals surface area (Å²) < 4.78 is 13.3. The van der Waals surface area contributed by atoms with Crippen molar-refractivity contribution >= 4 is 27.5 Å². The van der Waals surface area contributed by atoms with Crippen molar-refractivity contribution in [1.82, 2.24) is 14.5 Å². The molecule has 5 rings (SSSR count). The van der Waals surface area contributed by atoms with E-state index in [1.54, 1.807) is 30.0 Å². The SMILES string of the molecule is Cc1c(C(=O)OCc2ccccc2Oc2cccnc2)sc2nc3n(c(=O)c12)CCCCC3. The number of thiophene rings is 1. The molecule has 0 spiro atoms. The second-order valence-corrected chi connectivity index (χ2v) is 9.01. The fourth-order valence-corrected chi connectivity index (χ4v) is 5.15. The van der Waals surface area contributed by atoms with Gasteiger partial charge in [0, 0.05) is 24.7 Å². The van der Waals surface area contributed by atoms with Crippen LogP contribution in [-0.4, -0.2) is 20.5 Å². The number of pyridine rings is 1. The van der Waals surface area contributed by atoms with Crippen LogP contribution in [0.5, 0.6) is 11.5 Å². The second-order valence-electron chi connectivity index (χ2n) is 8.01. The fraction of sp³-hybridized carbons (Fsp3) is 0.280. The van der Waals surface area contributed by atoms with Gasteiger partial charge in [-0.05, 0) is 43.5 Å². The van der Waals surface area contributed by atoms with Crippen LogP contribution in [0.25, 0.3) is 10.2 Å². The van der Waals surface area contributed by atoms with Crippen LogP contribution >= 0.6 is 11.3 Å². The number of aryl methyl sites for hydroxylation is 2. The lowest BCUT2D eigenvalue weighted by atomic mass is 10.2. The number of esters is 1. The Balaban J connectivity index is 1.39. The minimum absolute atomic E-state index is 0.0475. The quantitative estimate of drug-likeness (QED) is 0.387. The molecular weight excluding hydrogens is 438 g/mol. The van der Waals surface area contributed by atoms with Crippen molar-refractivity contribution in [2.75, 3.05) is 0 Å². The molecule has 0 unspecified atom stereocenters. The average molecular weight is 462 g/mol. The Morgan fingerprint density at radius 2 is 2.03 bits per heavy atom. The predicted molar refractivity (Wildman–Crippen MR) is 126 cm³/mol. The van der Waals surface area contributed by atoms with Gasteiger partial charge in [0.15, 0.2) is 0 Å². The molecular formula is C25H23N3O4S. The third-order valence-corrected chi connectivity index (χ3v) is 6.96. The Hall–Kier alpha value is -3.52. The number of fused-ring (bicyclic) bond motifs is 2. The molecule has 1 aromatic carbocycles. The van der Waals surface area contributed by atoms with Crippen LogP contribution in [0.1, 0.15) is 45.9 Å². The van der Waals surface area contributed by atoms with Gasteiger partial charge in [-0.25, -0.2) is 9.78 Å². The number of aromatic nitrogens is 3. The standard InChI is InChI=1S/C25H23N3O4S/c1-16-21-23(27-20-11-3-2-6-13-28(20)24(21)29)33-22(16)25(30)31-15-17-8-4-5-10-19(17)32-18-9-7-12-26-14-18/h4-5,7-10,12,14H,2-3,6,11,13,15H2,1H3. The molecule has 8 heteroatoms. The summed E-state index contributed by atoms with van der Waals surface area (Å²) >= 11 is 1.23. The van der Waals surface area contributed by atoms with Crippen LogP contribution in [0.2, 0.25) is 0 Å².